The Kier molecular flexibility index (Phi) is 7.95. The van der Waals surface area contributed by atoms with E-state index in [4.69, 9.17) is 14.6 Å². The van der Waals surface area contributed by atoms with Gasteiger partial charge < -0.3 is 19.9 Å². The number of nitrogens with one attached hydrogen (secondary N) is 1. The van der Waals surface area contributed by atoms with Gasteiger partial charge in [-0.25, -0.2) is 0 Å². The monoisotopic (exact) mass is 289 g/mol. The first-order valence-corrected chi connectivity index (χ1v) is 5.74. The number of para-hydroxylation sites is 1. The number of carbonyl (C=O) groups is 1. The molecule has 108 valence electrons. The smallest absolute Gasteiger partial charge is 0.320 e. The molecule has 0 saturated carbocycles. The molecule has 1 atom stereocenters. The van der Waals surface area contributed by atoms with Crippen molar-refractivity contribution in [2.75, 3.05) is 21.3 Å². The molecule has 1 aromatic carbocycles. The lowest BCUT2D eigenvalue weighted by Gasteiger charge is -2.14. The number of aliphatic carboxylic acids is 1. The van der Waals surface area contributed by atoms with Crippen molar-refractivity contribution in [3.05, 3.63) is 23.8 Å². The summed E-state index contributed by atoms with van der Waals surface area (Å²) in [6, 6.07) is 5.04. The zero-order valence-electron chi connectivity index (χ0n) is 11.3. The molecule has 2 N–H and O–H groups in total. The number of hydrogen-bond donors (Lipinski definition) is 2. The number of ether oxygens (including phenoxy) is 2. The average Bonchev–Trinajstić information content (AvgIpc) is 2.38. The van der Waals surface area contributed by atoms with Gasteiger partial charge in [-0.15, -0.1) is 12.4 Å². The minimum Gasteiger partial charge on any atom is -0.493 e. The second-order valence-corrected chi connectivity index (χ2v) is 3.87. The molecule has 1 rings (SSSR count). The van der Waals surface area contributed by atoms with E-state index in [0.717, 1.165) is 5.56 Å². The lowest BCUT2D eigenvalue weighted by atomic mass is 10.0. The molecule has 0 amide bonds. The molecule has 0 bridgehead atoms. The third kappa shape index (κ3) is 4.61. The van der Waals surface area contributed by atoms with E-state index in [1.807, 2.05) is 18.2 Å². The van der Waals surface area contributed by atoms with Crippen LogP contribution in [0.1, 0.15) is 12.0 Å². The first-order chi connectivity index (χ1) is 8.63. The third-order valence-corrected chi connectivity index (χ3v) is 2.83. The van der Waals surface area contributed by atoms with Crippen LogP contribution < -0.4 is 14.8 Å². The molecule has 1 aromatic rings. The van der Waals surface area contributed by atoms with Crippen molar-refractivity contribution in [3.8, 4) is 11.5 Å². The molecule has 0 saturated heterocycles. The van der Waals surface area contributed by atoms with Crippen LogP contribution in [0.25, 0.3) is 0 Å². The number of halogens is 1. The number of rotatable bonds is 7. The molecule has 0 fully saturated rings. The summed E-state index contributed by atoms with van der Waals surface area (Å²) in [5.74, 6) is 0.478. The number of benzene rings is 1. The first kappa shape index (κ1) is 17.5. The van der Waals surface area contributed by atoms with Crippen LogP contribution in [0.2, 0.25) is 0 Å². The van der Waals surface area contributed by atoms with Gasteiger partial charge in [0.25, 0.3) is 0 Å². The van der Waals surface area contributed by atoms with Gasteiger partial charge in [-0.2, -0.15) is 0 Å². The minimum absolute atomic E-state index is 0. The highest BCUT2D eigenvalue weighted by atomic mass is 35.5. The van der Waals surface area contributed by atoms with Crippen molar-refractivity contribution in [3.63, 3.8) is 0 Å². The minimum atomic E-state index is -0.848. The van der Waals surface area contributed by atoms with Crippen LogP contribution in [-0.2, 0) is 11.2 Å². The van der Waals surface area contributed by atoms with Gasteiger partial charge in [0.2, 0.25) is 0 Å². The van der Waals surface area contributed by atoms with Crippen LogP contribution >= 0.6 is 12.4 Å². The summed E-state index contributed by atoms with van der Waals surface area (Å²) < 4.78 is 10.5. The second kappa shape index (κ2) is 8.61. The quantitative estimate of drug-likeness (QED) is 0.800. The summed E-state index contributed by atoms with van der Waals surface area (Å²) in [6.45, 7) is 0. The third-order valence-electron chi connectivity index (χ3n) is 2.83. The maximum absolute atomic E-state index is 10.9. The molecule has 0 aliphatic carbocycles. The molecule has 6 heteroatoms. The largest absolute Gasteiger partial charge is 0.493 e. The van der Waals surface area contributed by atoms with E-state index in [0.29, 0.717) is 24.3 Å². The topological polar surface area (TPSA) is 67.8 Å². The van der Waals surface area contributed by atoms with Gasteiger partial charge in [0, 0.05) is 0 Å². The van der Waals surface area contributed by atoms with Crippen LogP contribution in [0.15, 0.2) is 18.2 Å². The van der Waals surface area contributed by atoms with Crippen molar-refractivity contribution >= 4 is 18.4 Å². The van der Waals surface area contributed by atoms with Crippen LogP contribution in [0, 0.1) is 0 Å². The number of carboxylic acid groups (broad SMARTS) is 1. The van der Waals surface area contributed by atoms with Crippen molar-refractivity contribution in [2.24, 2.45) is 0 Å². The molecular weight excluding hydrogens is 270 g/mol. The Hall–Kier alpha value is -1.46. The Morgan fingerprint density at radius 3 is 2.53 bits per heavy atom. The van der Waals surface area contributed by atoms with Gasteiger partial charge in [-0.05, 0) is 31.5 Å². The molecule has 0 heterocycles. The zero-order valence-corrected chi connectivity index (χ0v) is 12.1. The van der Waals surface area contributed by atoms with E-state index in [2.05, 4.69) is 5.32 Å². The van der Waals surface area contributed by atoms with Gasteiger partial charge in [0.15, 0.2) is 11.5 Å². The number of carboxylic acids is 1. The van der Waals surface area contributed by atoms with Crippen molar-refractivity contribution in [1.29, 1.82) is 0 Å². The standard InChI is InChI=1S/C13H19NO4.ClH/c1-14-10(13(15)16)8-7-9-5-4-6-11(17-2)12(9)18-3;/h4-6,10,14H,7-8H2,1-3H3,(H,15,16);1H. The Morgan fingerprint density at radius 1 is 1.37 bits per heavy atom. The fraction of sp³-hybridized carbons (Fsp3) is 0.462. The maximum Gasteiger partial charge on any atom is 0.320 e. The summed E-state index contributed by atoms with van der Waals surface area (Å²) in [6.07, 6.45) is 1.10. The van der Waals surface area contributed by atoms with E-state index >= 15 is 0 Å². The fourth-order valence-corrected chi connectivity index (χ4v) is 1.84. The number of likely N-dealkylation sites (N-methyl/N-ethyl adjacent to an activating group) is 1. The molecule has 0 radical (unpaired) electrons. The summed E-state index contributed by atoms with van der Waals surface area (Å²) in [7, 11) is 4.80. The number of hydrogen-bond acceptors (Lipinski definition) is 4. The Bertz CT molecular complexity index is 412. The number of aryl methyl sites for hydroxylation is 1. The van der Waals surface area contributed by atoms with E-state index < -0.39 is 12.0 Å². The molecule has 0 aromatic heterocycles. The summed E-state index contributed by atoms with van der Waals surface area (Å²) >= 11 is 0. The van der Waals surface area contributed by atoms with Crippen LogP contribution in [-0.4, -0.2) is 38.4 Å². The lowest BCUT2D eigenvalue weighted by molar-refractivity contribution is -0.139. The number of methoxy groups -OCH3 is 2. The predicted molar refractivity (Wildman–Crippen MR) is 75.6 cm³/mol. The molecular formula is C13H20ClNO4. The average molecular weight is 290 g/mol. The predicted octanol–water partition coefficient (Wildman–Crippen LogP) is 1.73. The molecule has 0 aliphatic heterocycles. The van der Waals surface area contributed by atoms with Crippen molar-refractivity contribution in [1.82, 2.24) is 5.32 Å². The highest BCUT2D eigenvalue weighted by molar-refractivity contribution is 5.85. The van der Waals surface area contributed by atoms with Gasteiger partial charge in [0.1, 0.15) is 6.04 Å². The highest BCUT2D eigenvalue weighted by Crippen LogP contribution is 2.31. The van der Waals surface area contributed by atoms with E-state index in [1.54, 1.807) is 21.3 Å². The lowest BCUT2D eigenvalue weighted by Crippen LogP contribution is -2.34. The summed E-state index contributed by atoms with van der Waals surface area (Å²) in [5, 5.41) is 11.7. The molecule has 1 unspecified atom stereocenters. The van der Waals surface area contributed by atoms with E-state index in [9.17, 15) is 4.79 Å². The van der Waals surface area contributed by atoms with Gasteiger partial charge >= 0.3 is 5.97 Å². The van der Waals surface area contributed by atoms with E-state index in [1.165, 1.54) is 0 Å². The first-order valence-electron chi connectivity index (χ1n) is 5.74. The van der Waals surface area contributed by atoms with Crippen LogP contribution in [0.3, 0.4) is 0 Å². The fourth-order valence-electron chi connectivity index (χ4n) is 1.84. The van der Waals surface area contributed by atoms with Crippen molar-refractivity contribution < 1.29 is 19.4 Å². The summed E-state index contributed by atoms with van der Waals surface area (Å²) in [4.78, 5) is 10.9. The Morgan fingerprint density at radius 2 is 2.05 bits per heavy atom. The molecule has 0 aliphatic rings. The van der Waals surface area contributed by atoms with Gasteiger partial charge in [-0.3, -0.25) is 4.79 Å². The Labute approximate surface area is 119 Å². The SMILES string of the molecule is CNC(CCc1cccc(OC)c1OC)C(=O)O.Cl. The Balaban J connectivity index is 0.00000324. The zero-order chi connectivity index (χ0) is 13.5. The highest BCUT2D eigenvalue weighted by Gasteiger charge is 2.16. The van der Waals surface area contributed by atoms with E-state index in [-0.39, 0.29) is 12.4 Å². The molecule has 5 nitrogen and oxygen atoms in total. The maximum atomic E-state index is 10.9. The van der Waals surface area contributed by atoms with Crippen LogP contribution in [0.4, 0.5) is 0 Å². The van der Waals surface area contributed by atoms with Gasteiger partial charge in [0.05, 0.1) is 14.2 Å². The van der Waals surface area contributed by atoms with Gasteiger partial charge in [-0.1, -0.05) is 12.1 Å². The van der Waals surface area contributed by atoms with Crippen molar-refractivity contribution in [2.45, 2.75) is 18.9 Å². The molecule has 0 spiro atoms. The molecule has 19 heavy (non-hydrogen) atoms. The normalized spacial score (nSPS) is 11.3. The second-order valence-electron chi connectivity index (χ2n) is 3.87. The van der Waals surface area contributed by atoms with Crippen LogP contribution in [0.5, 0.6) is 11.5 Å². The summed E-state index contributed by atoms with van der Waals surface area (Å²) in [5.41, 5.74) is 0.943.